The Hall–Kier alpha value is -0.900. The first-order chi connectivity index (χ1) is 5.27. The van der Waals surface area contributed by atoms with Crippen LogP contribution in [0, 0.1) is 0 Å². The number of amides is 1. The summed E-state index contributed by atoms with van der Waals surface area (Å²) >= 11 is 1.44. The number of nitrogens with two attached hydrogens (primary N) is 1. The molecule has 2 rings (SSSR count). The lowest BCUT2D eigenvalue weighted by molar-refractivity contribution is 0.1000. The molecule has 4 heteroatoms. The number of carbonyl (C=O) groups is 1. The van der Waals surface area contributed by atoms with Crippen LogP contribution in [0.3, 0.4) is 0 Å². The second-order valence-corrected chi connectivity index (χ2v) is 3.69. The maximum atomic E-state index is 10.7. The highest BCUT2D eigenvalue weighted by Gasteiger charge is 2.18. The second-order valence-electron chi connectivity index (χ2n) is 2.61. The molecule has 0 unspecified atom stereocenters. The van der Waals surface area contributed by atoms with E-state index in [2.05, 4.69) is 4.98 Å². The molecule has 2 N–H and O–H groups in total. The summed E-state index contributed by atoms with van der Waals surface area (Å²) in [5, 5.41) is 0.467. The molecule has 1 aromatic heterocycles. The lowest BCUT2D eigenvalue weighted by Crippen LogP contribution is -2.10. The lowest BCUT2D eigenvalue weighted by atomic mass is 10.4. The molecule has 0 spiro atoms. The Morgan fingerprint density at radius 2 is 2.36 bits per heavy atom. The van der Waals surface area contributed by atoms with Crippen molar-refractivity contribution in [2.75, 3.05) is 0 Å². The highest BCUT2D eigenvalue weighted by atomic mass is 32.1. The van der Waals surface area contributed by atoms with Crippen LogP contribution in [0.15, 0.2) is 0 Å². The maximum Gasteiger partial charge on any atom is 0.277 e. The van der Waals surface area contributed by atoms with Crippen LogP contribution in [0.25, 0.3) is 0 Å². The van der Waals surface area contributed by atoms with Gasteiger partial charge in [-0.2, -0.15) is 0 Å². The van der Waals surface area contributed by atoms with Gasteiger partial charge in [0.25, 0.3) is 5.91 Å². The Kier molecular flexibility index (Phi) is 1.42. The van der Waals surface area contributed by atoms with Crippen molar-refractivity contribution < 1.29 is 4.79 Å². The van der Waals surface area contributed by atoms with Gasteiger partial charge in [-0.05, 0) is 19.3 Å². The van der Waals surface area contributed by atoms with Crippen molar-refractivity contribution in [2.24, 2.45) is 5.73 Å². The van der Waals surface area contributed by atoms with Crippen molar-refractivity contribution in [3.8, 4) is 0 Å². The molecule has 1 heterocycles. The highest BCUT2D eigenvalue weighted by Crippen LogP contribution is 2.26. The summed E-state index contributed by atoms with van der Waals surface area (Å²) in [5.41, 5.74) is 6.17. The van der Waals surface area contributed by atoms with E-state index in [-0.39, 0.29) is 0 Å². The summed E-state index contributed by atoms with van der Waals surface area (Å²) in [7, 11) is 0. The Morgan fingerprint density at radius 3 is 3.00 bits per heavy atom. The molecular formula is C7H8N2OS. The molecule has 3 nitrogen and oxygen atoms in total. The van der Waals surface area contributed by atoms with Crippen molar-refractivity contribution in [1.82, 2.24) is 4.98 Å². The summed E-state index contributed by atoms with van der Waals surface area (Å²) in [6.45, 7) is 0. The lowest BCUT2D eigenvalue weighted by Gasteiger charge is -1.85. The van der Waals surface area contributed by atoms with E-state index in [1.54, 1.807) is 0 Å². The van der Waals surface area contributed by atoms with Gasteiger partial charge in [0.15, 0.2) is 5.01 Å². The van der Waals surface area contributed by atoms with Gasteiger partial charge >= 0.3 is 0 Å². The average Bonchev–Trinajstić information content (AvgIpc) is 2.40. The summed E-state index contributed by atoms with van der Waals surface area (Å²) < 4.78 is 0. The number of rotatable bonds is 1. The van der Waals surface area contributed by atoms with Gasteiger partial charge in [-0.3, -0.25) is 4.79 Å². The van der Waals surface area contributed by atoms with Gasteiger partial charge in [0, 0.05) is 4.88 Å². The fourth-order valence-electron chi connectivity index (χ4n) is 1.30. The molecule has 0 aromatic carbocycles. The smallest absolute Gasteiger partial charge is 0.277 e. The molecule has 0 atom stereocenters. The molecule has 0 fully saturated rings. The molecule has 0 saturated carbocycles. The van der Waals surface area contributed by atoms with Crippen LogP contribution in [0.5, 0.6) is 0 Å². The molecule has 0 radical (unpaired) electrons. The Morgan fingerprint density at radius 1 is 1.55 bits per heavy atom. The Balaban J connectivity index is 2.42. The number of carbonyl (C=O) groups excluding carboxylic acids is 1. The molecule has 0 aliphatic heterocycles. The van der Waals surface area contributed by atoms with E-state index in [0.717, 1.165) is 18.5 Å². The van der Waals surface area contributed by atoms with Crippen molar-refractivity contribution in [1.29, 1.82) is 0 Å². The minimum atomic E-state index is -0.399. The van der Waals surface area contributed by atoms with Crippen LogP contribution in [-0.4, -0.2) is 10.9 Å². The average molecular weight is 168 g/mol. The minimum Gasteiger partial charge on any atom is -0.364 e. The van der Waals surface area contributed by atoms with Gasteiger partial charge in [-0.1, -0.05) is 0 Å². The number of nitrogens with zero attached hydrogens (tertiary/aromatic N) is 1. The van der Waals surface area contributed by atoms with Crippen molar-refractivity contribution in [3.63, 3.8) is 0 Å². The van der Waals surface area contributed by atoms with Crippen molar-refractivity contribution in [3.05, 3.63) is 15.6 Å². The number of hydrogen-bond acceptors (Lipinski definition) is 3. The van der Waals surface area contributed by atoms with E-state index >= 15 is 0 Å². The fraction of sp³-hybridized carbons (Fsp3) is 0.429. The topological polar surface area (TPSA) is 56.0 Å². The van der Waals surface area contributed by atoms with E-state index in [4.69, 9.17) is 5.73 Å². The van der Waals surface area contributed by atoms with E-state index in [1.807, 2.05) is 0 Å². The van der Waals surface area contributed by atoms with E-state index in [1.165, 1.54) is 22.6 Å². The summed E-state index contributed by atoms with van der Waals surface area (Å²) in [6, 6.07) is 0. The molecule has 1 amide bonds. The minimum absolute atomic E-state index is 0.399. The van der Waals surface area contributed by atoms with E-state index in [0.29, 0.717) is 5.01 Å². The zero-order chi connectivity index (χ0) is 7.84. The van der Waals surface area contributed by atoms with Gasteiger partial charge < -0.3 is 5.73 Å². The molecule has 1 aromatic rings. The molecule has 11 heavy (non-hydrogen) atoms. The second kappa shape index (κ2) is 2.30. The molecule has 1 aliphatic carbocycles. The van der Waals surface area contributed by atoms with Crippen LogP contribution in [0.1, 0.15) is 26.8 Å². The number of aryl methyl sites for hydroxylation is 2. The van der Waals surface area contributed by atoms with E-state index in [9.17, 15) is 4.79 Å². The summed E-state index contributed by atoms with van der Waals surface area (Å²) in [5.74, 6) is -0.399. The standard InChI is InChI=1S/C7H8N2OS/c8-6(10)7-9-4-2-1-3-5(4)11-7/h1-3H2,(H2,8,10). The predicted molar refractivity (Wildman–Crippen MR) is 42.7 cm³/mol. The first-order valence-electron chi connectivity index (χ1n) is 3.56. The van der Waals surface area contributed by atoms with Gasteiger partial charge in [0.1, 0.15) is 0 Å². The predicted octanol–water partition coefficient (Wildman–Crippen LogP) is 0.731. The van der Waals surface area contributed by atoms with Crippen LogP contribution in [-0.2, 0) is 12.8 Å². The van der Waals surface area contributed by atoms with Crippen molar-refractivity contribution >= 4 is 17.2 Å². The van der Waals surface area contributed by atoms with Crippen LogP contribution in [0.4, 0.5) is 0 Å². The van der Waals surface area contributed by atoms with Gasteiger partial charge in [0.2, 0.25) is 0 Å². The Labute approximate surface area is 68.2 Å². The van der Waals surface area contributed by atoms with Gasteiger partial charge in [-0.15, -0.1) is 11.3 Å². The fourth-order valence-corrected chi connectivity index (χ4v) is 2.30. The van der Waals surface area contributed by atoms with E-state index < -0.39 is 5.91 Å². The molecule has 58 valence electrons. The maximum absolute atomic E-state index is 10.7. The highest BCUT2D eigenvalue weighted by molar-refractivity contribution is 7.13. The molecule has 1 aliphatic rings. The first-order valence-corrected chi connectivity index (χ1v) is 4.37. The number of fused-ring (bicyclic) bond motifs is 1. The monoisotopic (exact) mass is 168 g/mol. The normalized spacial score (nSPS) is 14.9. The number of primary amides is 1. The third kappa shape index (κ3) is 1.03. The van der Waals surface area contributed by atoms with Crippen LogP contribution >= 0.6 is 11.3 Å². The van der Waals surface area contributed by atoms with Crippen LogP contribution in [0.2, 0.25) is 0 Å². The number of hydrogen-bond donors (Lipinski definition) is 1. The molecular weight excluding hydrogens is 160 g/mol. The summed E-state index contributed by atoms with van der Waals surface area (Å²) in [4.78, 5) is 16.1. The SMILES string of the molecule is NC(=O)c1nc2c(s1)CCC2. The largest absolute Gasteiger partial charge is 0.364 e. The number of aromatic nitrogens is 1. The zero-order valence-corrected chi connectivity index (χ0v) is 6.78. The number of thiazole rings is 1. The first kappa shape index (κ1) is 6.79. The molecule has 0 bridgehead atoms. The summed E-state index contributed by atoms with van der Waals surface area (Å²) in [6.07, 6.45) is 3.26. The third-order valence-electron chi connectivity index (χ3n) is 1.81. The van der Waals surface area contributed by atoms with Gasteiger partial charge in [-0.25, -0.2) is 4.98 Å². The quantitative estimate of drug-likeness (QED) is 0.672. The van der Waals surface area contributed by atoms with Gasteiger partial charge in [0.05, 0.1) is 5.69 Å². The third-order valence-corrected chi connectivity index (χ3v) is 2.98. The molecule has 0 saturated heterocycles. The van der Waals surface area contributed by atoms with Crippen molar-refractivity contribution in [2.45, 2.75) is 19.3 Å². The van der Waals surface area contributed by atoms with Crippen LogP contribution < -0.4 is 5.73 Å². The zero-order valence-electron chi connectivity index (χ0n) is 5.96. The Bertz CT molecular complexity index is 284.